The average molecular weight is 222 g/mol. The molecular formula is C11H18N4O. The van der Waals surface area contributed by atoms with Crippen LogP contribution < -0.4 is 10.5 Å². The predicted octanol–water partition coefficient (Wildman–Crippen LogP) is 0.410. The molecule has 2 heterocycles. The van der Waals surface area contributed by atoms with E-state index in [2.05, 4.69) is 14.9 Å². The van der Waals surface area contributed by atoms with Gasteiger partial charge in [-0.15, -0.1) is 0 Å². The van der Waals surface area contributed by atoms with Crippen LogP contribution in [0.2, 0.25) is 0 Å². The minimum atomic E-state index is 0.418. The lowest BCUT2D eigenvalue weighted by atomic mass is 10.4. The lowest BCUT2D eigenvalue weighted by Gasteiger charge is -2.14. The molecule has 1 saturated heterocycles. The Morgan fingerprint density at radius 3 is 2.69 bits per heavy atom. The van der Waals surface area contributed by atoms with Gasteiger partial charge in [-0.25, -0.2) is 4.98 Å². The number of rotatable bonds is 5. The highest BCUT2D eigenvalue weighted by atomic mass is 16.5. The summed E-state index contributed by atoms with van der Waals surface area (Å²) in [6.45, 7) is 4.46. The van der Waals surface area contributed by atoms with E-state index < -0.39 is 0 Å². The van der Waals surface area contributed by atoms with E-state index in [9.17, 15) is 0 Å². The van der Waals surface area contributed by atoms with Gasteiger partial charge in [-0.3, -0.25) is 9.88 Å². The number of likely N-dealkylation sites (tertiary alicyclic amines) is 1. The van der Waals surface area contributed by atoms with E-state index in [4.69, 9.17) is 10.5 Å². The Kier molecular flexibility index (Phi) is 4.07. The summed E-state index contributed by atoms with van der Waals surface area (Å²) >= 11 is 0. The largest absolute Gasteiger partial charge is 0.475 e. The Hall–Kier alpha value is -1.20. The van der Waals surface area contributed by atoms with Crippen molar-refractivity contribution in [3.63, 3.8) is 0 Å². The molecule has 1 aromatic rings. The van der Waals surface area contributed by atoms with Crippen LogP contribution in [0.1, 0.15) is 18.5 Å². The molecule has 0 aromatic carbocycles. The first-order valence-electron chi connectivity index (χ1n) is 5.74. The summed E-state index contributed by atoms with van der Waals surface area (Å²) in [5.74, 6) is 0.580. The molecule has 0 unspecified atom stereocenters. The van der Waals surface area contributed by atoms with Crippen LogP contribution in [0.5, 0.6) is 5.88 Å². The van der Waals surface area contributed by atoms with Gasteiger partial charge in [0.25, 0.3) is 0 Å². The van der Waals surface area contributed by atoms with E-state index in [1.54, 1.807) is 12.4 Å². The molecule has 0 spiro atoms. The molecule has 0 radical (unpaired) electrons. The molecule has 1 aliphatic heterocycles. The fourth-order valence-electron chi connectivity index (χ4n) is 1.81. The SMILES string of the molecule is NCc1cnc(OCCN2CCCC2)cn1. The molecule has 16 heavy (non-hydrogen) atoms. The van der Waals surface area contributed by atoms with Crippen molar-refractivity contribution in [2.24, 2.45) is 5.73 Å². The fraction of sp³-hybridized carbons (Fsp3) is 0.636. The second kappa shape index (κ2) is 5.77. The van der Waals surface area contributed by atoms with Crippen LogP contribution >= 0.6 is 0 Å². The lowest BCUT2D eigenvalue weighted by Crippen LogP contribution is -2.25. The molecule has 0 atom stereocenters. The third kappa shape index (κ3) is 3.15. The molecule has 1 fully saturated rings. The van der Waals surface area contributed by atoms with Crippen molar-refractivity contribution in [1.82, 2.24) is 14.9 Å². The standard InChI is InChI=1S/C11H18N4O/c12-7-10-8-14-11(9-13-10)16-6-5-15-3-1-2-4-15/h8-9H,1-7,12H2. The van der Waals surface area contributed by atoms with Crippen molar-refractivity contribution in [3.05, 3.63) is 18.1 Å². The third-order valence-electron chi connectivity index (χ3n) is 2.75. The van der Waals surface area contributed by atoms with Gasteiger partial charge in [0.2, 0.25) is 5.88 Å². The molecule has 0 bridgehead atoms. The number of hydrogen-bond acceptors (Lipinski definition) is 5. The van der Waals surface area contributed by atoms with Gasteiger partial charge in [-0.2, -0.15) is 0 Å². The van der Waals surface area contributed by atoms with Crippen LogP contribution in [0, 0.1) is 0 Å². The Morgan fingerprint density at radius 1 is 1.25 bits per heavy atom. The van der Waals surface area contributed by atoms with Crippen molar-refractivity contribution in [2.75, 3.05) is 26.2 Å². The van der Waals surface area contributed by atoms with Crippen LogP contribution in [-0.4, -0.2) is 41.1 Å². The van der Waals surface area contributed by atoms with E-state index in [1.165, 1.54) is 25.9 Å². The molecular weight excluding hydrogens is 204 g/mol. The van der Waals surface area contributed by atoms with E-state index >= 15 is 0 Å². The molecule has 88 valence electrons. The highest BCUT2D eigenvalue weighted by molar-refractivity contribution is 5.06. The van der Waals surface area contributed by atoms with Crippen LogP contribution in [0.25, 0.3) is 0 Å². The van der Waals surface area contributed by atoms with Gasteiger partial charge in [0, 0.05) is 13.1 Å². The number of hydrogen-bond donors (Lipinski definition) is 1. The molecule has 5 nitrogen and oxygen atoms in total. The van der Waals surface area contributed by atoms with Crippen molar-refractivity contribution in [1.29, 1.82) is 0 Å². The normalized spacial score (nSPS) is 16.6. The minimum absolute atomic E-state index is 0.418. The quantitative estimate of drug-likeness (QED) is 0.781. The van der Waals surface area contributed by atoms with Gasteiger partial charge < -0.3 is 10.5 Å². The van der Waals surface area contributed by atoms with Crippen molar-refractivity contribution in [2.45, 2.75) is 19.4 Å². The first kappa shape index (κ1) is 11.3. The summed E-state index contributed by atoms with van der Waals surface area (Å²) < 4.78 is 5.51. The molecule has 0 aliphatic carbocycles. The summed E-state index contributed by atoms with van der Waals surface area (Å²) in [6, 6.07) is 0. The van der Waals surface area contributed by atoms with Gasteiger partial charge in [0.1, 0.15) is 6.61 Å². The van der Waals surface area contributed by atoms with Gasteiger partial charge in [-0.05, 0) is 25.9 Å². The Balaban J connectivity index is 1.71. The summed E-state index contributed by atoms with van der Waals surface area (Å²) in [5.41, 5.74) is 6.22. The molecule has 2 rings (SSSR count). The molecule has 0 saturated carbocycles. The maximum absolute atomic E-state index is 5.51. The van der Waals surface area contributed by atoms with Gasteiger partial charge >= 0.3 is 0 Å². The van der Waals surface area contributed by atoms with Crippen LogP contribution in [-0.2, 0) is 6.54 Å². The van der Waals surface area contributed by atoms with Gasteiger partial charge in [0.15, 0.2) is 0 Å². The van der Waals surface area contributed by atoms with E-state index in [0.717, 1.165) is 12.2 Å². The maximum atomic E-state index is 5.51. The Labute approximate surface area is 95.6 Å². The van der Waals surface area contributed by atoms with Crippen LogP contribution in [0.3, 0.4) is 0 Å². The van der Waals surface area contributed by atoms with Gasteiger partial charge in [-0.1, -0.05) is 0 Å². The van der Waals surface area contributed by atoms with E-state index in [-0.39, 0.29) is 0 Å². The highest BCUT2D eigenvalue weighted by Gasteiger charge is 2.10. The average Bonchev–Trinajstić information content (AvgIpc) is 2.83. The summed E-state index contributed by atoms with van der Waals surface area (Å²) in [6.07, 6.45) is 5.91. The second-order valence-corrected chi connectivity index (χ2v) is 3.95. The maximum Gasteiger partial charge on any atom is 0.232 e. The topological polar surface area (TPSA) is 64.3 Å². The summed E-state index contributed by atoms with van der Waals surface area (Å²) in [4.78, 5) is 10.7. The van der Waals surface area contributed by atoms with Gasteiger partial charge in [0.05, 0.1) is 18.1 Å². The number of aromatic nitrogens is 2. The van der Waals surface area contributed by atoms with Crippen molar-refractivity contribution < 1.29 is 4.74 Å². The second-order valence-electron chi connectivity index (χ2n) is 3.95. The van der Waals surface area contributed by atoms with Crippen molar-refractivity contribution in [3.8, 4) is 5.88 Å². The van der Waals surface area contributed by atoms with E-state index in [0.29, 0.717) is 19.0 Å². The predicted molar refractivity (Wildman–Crippen MR) is 61.1 cm³/mol. The Morgan fingerprint density at radius 2 is 2.06 bits per heavy atom. The number of ether oxygens (including phenoxy) is 1. The minimum Gasteiger partial charge on any atom is -0.475 e. The fourth-order valence-corrected chi connectivity index (χ4v) is 1.81. The van der Waals surface area contributed by atoms with Crippen molar-refractivity contribution >= 4 is 0 Å². The zero-order valence-electron chi connectivity index (χ0n) is 9.43. The monoisotopic (exact) mass is 222 g/mol. The lowest BCUT2D eigenvalue weighted by molar-refractivity contribution is 0.231. The zero-order chi connectivity index (χ0) is 11.2. The molecule has 1 aromatic heterocycles. The third-order valence-corrected chi connectivity index (χ3v) is 2.75. The van der Waals surface area contributed by atoms with Crippen LogP contribution in [0.4, 0.5) is 0 Å². The smallest absolute Gasteiger partial charge is 0.232 e. The summed E-state index contributed by atoms with van der Waals surface area (Å²) in [7, 11) is 0. The number of nitrogens with two attached hydrogens (primary N) is 1. The summed E-state index contributed by atoms with van der Waals surface area (Å²) in [5, 5.41) is 0. The highest BCUT2D eigenvalue weighted by Crippen LogP contribution is 2.07. The molecule has 5 heteroatoms. The number of nitrogens with zero attached hydrogens (tertiary/aromatic N) is 3. The van der Waals surface area contributed by atoms with E-state index in [1.807, 2.05) is 0 Å². The zero-order valence-corrected chi connectivity index (χ0v) is 9.43. The first-order chi connectivity index (χ1) is 7.88. The molecule has 0 amide bonds. The molecule has 2 N–H and O–H groups in total. The Bertz CT molecular complexity index is 308. The van der Waals surface area contributed by atoms with Crippen LogP contribution in [0.15, 0.2) is 12.4 Å². The first-order valence-corrected chi connectivity index (χ1v) is 5.74. The molecule has 1 aliphatic rings.